The molecule has 2 heterocycles. The second-order valence-electron chi connectivity index (χ2n) is 9.47. The minimum Gasteiger partial charge on any atom is -0.356 e. The summed E-state index contributed by atoms with van der Waals surface area (Å²) in [4.78, 5) is 25.9. The van der Waals surface area contributed by atoms with Gasteiger partial charge in [-0.15, -0.1) is 0 Å². The Hall–Kier alpha value is -4.12. The van der Waals surface area contributed by atoms with Gasteiger partial charge in [-0.25, -0.2) is 0 Å². The molecule has 0 saturated carbocycles. The quantitative estimate of drug-likeness (QED) is 0.206. The van der Waals surface area contributed by atoms with Crippen LogP contribution in [0.3, 0.4) is 0 Å². The van der Waals surface area contributed by atoms with Crippen LogP contribution in [0.2, 0.25) is 0 Å². The van der Waals surface area contributed by atoms with Gasteiger partial charge in [0.05, 0.1) is 0 Å². The third kappa shape index (κ3) is 3.72. The highest BCUT2D eigenvalue weighted by molar-refractivity contribution is 6.05. The van der Waals surface area contributed by atoms with E-state index in [9.17, 15) is 9.59 Å². The molecular formula is C32H22O4. The first kappa shape index (κ1) is 21.2. The molecule has 5 aromatic carbocycles. The Labute approximate surface area is 208 Å². The van der Waals surface area contributed by atoms with Gasteiger partial charge in [0.25, 0.3) is 0 Å². The van der Waals surface area contributed by atoms with E-state index in [1.165, 1.54) is 0 Å². The second-order valence-corrected chi connectivity index (χ2v) is 9.47. The number of ether oxygens (including phenoxy) is 2. The Balaban J connectivity index is 1.02. The molecule has 2 saturated heterocycles. The van der Waals surface area contributed by atoms with Crippen molar-refractivity contribution in [3.05, 3.63) is 131 Å². The van der Waals surface area contributed by atoms with E-state index in [1.54, 1.807) is 0 Å². The number of benzene rings is 5. The van der Waals surface area contributed by atoms with E-state index in [2.05, 4.69) is 0 Å². The Morgan fingerprint density at radius 2 is 0.861 bits per heavy atom. The molecule has 2 aliphatic heterocycles. The van der Waals surface area contributed by atoms with E-state index in [0.29, 0.717) is 11.1 Å². The van der Waals surface area contributed by atoms with Gasteiger partial charge < -0.3 is 9.47 Å². The molecule has 5 aromatic rings. The lowest BCUT2D eigenvalue weighted by atomic mass is 9.98. The van der Waals surface area contributed by atoms with Gasteiger partial charge in [-0.05, 0) is 44.8 Å². The van der Waals surface area contributed by atoms with Gasteiger partial charge in [-0.3, -0.25) is 9.59 Å². The summed E-state index contributed by atoms with van der Waals surface area (Å²) in [5.74, 6) is 0.00260. The van der Waals surface area contributed by atoms with Crippen molar-refractivity contribution in [3.63, 3.8) is 0 Å². The lowest BCUT2D eigenvalue weighted by molar-refractivity contribution is 0.0947. The van der Waals surface area contributed by atoms with Crippen molar-refractivity contribution in [1.29, 1.82) is 0 Å². The van der Waals surface area contributed by atoms with Crippen molar-refractivity contribution in [2.45, 2.75) is 24.4 Å². The van der Waals surface area contributed by atoms with Crippen LogP contribution in [0.4, 0.5) is 0 Å². The zero-order chi connectivity index (χ0) is 24.2. The van der Waals surface area contributed by atoms with Crippen LogP contribution >= 0.6 is 0 Å². The number of carbonyl (C=O) groups excluding carboxylic acids is 2. The van der Waals surface area contributed by atoms with Crippen molar-refractivity contribution in [3.8, 4) is 0 Å². The maximum Gasteiger partial charge on any atom is 0.194 e. The third-order valence-corrected chi connectivity index (χ3v) is 7.16. The molecule has 0 unspecified atom stereocenters. The highest BCUT2D eigenvalue weighted by atomic mass is 16.6. The summed E-state index contributed by atoms with van der Waals surface area (Å²) in [7, 11) is 0. The lowest BCUT2D eigenvalue weighted by Gasteiger charge is -2.03. The van der Waals surface area contributed by atoms with Crippen LogP contribution in [0.15, 0.2) is 109 Å². The summed E-state index contributed by atoms with van der Waals surface area (Å²) < 4.78 is 11.5. The van der Waals surface area contributed by atoms with Crippen LogP contribution in [0.5, 0.6) is 0 Å². The van der Waals surface area contributed by atoms with Gasteiger partial charge in [0.1, 0.15) is 12.2 Å². The highest BCUT2D eigenvalue weighted by Crippen LogP contribution is 2.44. The molecule has 7 rings (SSSR count). The van der Waals surface area contributed by atoms with Crippen molar-refractivity contribution >= 4 is 33.1 Å². The molecule has 0 N–H and O–H groups in total. The van der Waals surface area contributed by atoms with Crippen molar-refractivity contribution in [2.75, 3.05) is 0 Å². The minimum atomic E-state index is -0.462. The predicted molar refractivity (Wildman–Crippen MR) is 138 cm³/mol. The average Bonchev–Trinajstić information content (AvgIpc) is 3.86. The molecule has 2 aliphatic rings. The van der Waals surface area contributed by atoms with E-state index in [4.69, 9.17) is 9.47 Å². The fraction of sp³-hybridized carbons (Fsp3) is 0.125. The SMILES string of the molecule is O=C(c1ccc2ccccc2c1)[C@H]1O[C@@H]1c1ccc([C@@H]2O[C@@H]2C(=O)c2ccc3ccccc3c2)cc1. The molecule has 4 atom stereocenters. The lowest BCUT2D eigenvalue weighted by Crippen LogP contribution is -2.08. The molecule has 0 bridgehead atoms. The van der Waals surface area contributed by atoms with E-state index in [-0.39, 0.29) is 23.8 Å². The molecule has 0 aromatic heterocycles. The first-order chi connectivity index (χ1) is 17.7. The second kappa shape index (κ2) is 8.23. The summed E-state index contributed by atoms with van der Waals surface area (Å²) in [6.07, 6.45) is -1.41. The normalized spacial score (nSPS) is 22.4. The van der Waals surface area contributed by atoms with Gasteiger partial charge in [0.2, 0.25) is 0 Å². The van der Waals surface area contributed by atoms with Gasteiger partial charge in [-0.1, -0.05) is 97.1 Å². The fourth-order valence-corrected chi connectivity index (χ4v) is 5.02. The molecule has 2 fully saturated rings. The minimum absolute atomic E-state index is 0.00130. The molecule has 0 amide bonds. The van der Waals surface area contributed by atoms with Crippen LogP contribution in [-0.4, -0.2) is 23.8 Å². The molecule has 0 aliphatic carbocycles. The largest absolute Gasteiger partial charge is 0.356 e. The molecule has 174 valence electrons. The van der Waals surface area contributed by atoms with Crippen LogP contribution in [-0.2, 0) is 9.47 Å². The molecule has 36 heavy (non-hydrogen) atoms. The monoisotopic (exact) mass is 470 g/mol. The summed E-state index contributed by atoms with van der Waals surface area (Å²) in [5, 5.41) is 4.31. The molecular weight excluding hydrogens is 448 g/mol. The van der Waals surface area contributed by atoms with Crippen molar-refractivity contribution in [1.82, 2.24) is 0 Å². The van der Waals surface area contributed by atoms with E-state index >= 15 is 0 Å². The highest BCUT2D eigenvalue weighted by Gasteiger charge is 2.48. The Morgan fingerprint density at radius 1 is 0.472 bits per heavy atom. The van der Waals surface area contributed by atoms with Crippen LogP contribution in [0.25, 0.3) is 21.5 Å². The number of Topliss-reactive ketones (excluding diaryl/α,β-unsaturated/α-hetero) is 2. The van der Waals surface area contributed by atoms with Gasteiger partial charge in [0, 0.05) is 11.1 Å². The number of hydrogen-bond donors (Lipinski definition) is 0. The Morgan fingerprint density at radius 3 is 1.28 bits per heavy atom. The topological polar surface area (TPSA) is 59.2 Å². The Kier molecular flexibility index (Phi) is 4.84. The summed E-state index contributed by atoms with van der Waals surface area (Å²) in [6, 6.07) is 35.4. The van der Waals surface area contributed by atoms with E-state index < -0.39 is 12.2 Å². The standard InChI is InChI=1S/C32H22O4/c33-27(25-15-9-19-5-1-3-7-23(19)17-25)31-29(35-31)21-11-13-22(14-12-21)30-32(36-30)28(34)26-16-10-20-6-2-4-8-24(20)18-26/h1-18,29-32H/t29-,30+,31-,32-/m1/s1. The van der Waals surface area contributed by atoms with Gasteiger partial charge >= 0.3 is 0 Å². The zero-order valence-electron chi connectivity index (χ0n) is 19.3. The van der Waals surface area contributed by atoms with E-state index in [1.807, 2.05) is 109 Å². The van der Waals surface area contributed by atoms with Crippen LogP contribution < -0.4 is 0 Å². The van der Waals surface area contributed by atoms with Gasteiger partial charge in [0.15, 0.2) is 23.8 Å². The predicted octanol–water partition coefficient (Wildman–Crippen LogP) is 6.64. The average molecular weight is 471 g/mol. The Bertz CT molecular complexity index is 1530. The number of ketones is 2. The molecule has 4 heteroatoms. The van der Waals surface area contributed by atoms with Crippen LogP contribution in [0.1, 0.15) is 44.1 Å². The number of rotatable bonds is 6. The fourth-order valence-electron chi connectivity index (χ4n) is 5.02. The summed E-state index contributed by atoms with van der Waals surface area (Å²) in [5.41, 5.74) is 3.24. The van der Waals surface area contributed by atoms with Crippen LogP contribution in [0, 0.1) is 0 Å². The maximum atomic E-state index is 13.0. The maximum absolute atomic E-state index is 13.0. The third-order valence-electron chi connectivity index (χ3n) is 7.16. The number of hydrogen-bond acceptors (Lipinski definition) is 4. The number of fused-ring (bicyclic) bond motifs is 2. The number of carbonyl (C=O) groups is 2. The first-order valence-electron chi connectivity index (χ1n) is 12.1. The molecule has 4 nitrogen and oxygen atoms in total. The van der Waals surface area contributed by atoms with E-state index in [0.717, 1.165) is 32.7 Å². The zero-order valence-corrected chi connectivity index (χ0v) is 19.3. The first-order valence-corrected chi connectivity index (χ1v) is 12.1. The molecule has 0 radical (unpaired) electrons. The number of epoxide rings is 2. The van der Waals surface area contributed by atoms with Crippen molar-refractivity contribution in [2.24, 2.45) is 0 Å². The summed E-state index contributed by atoms with van der Waals surface area (Å²) >= 11 is 0. The van der Waals surface area contributed by atoms with Crippen molar-refractivity contribution < 1.29 is 19.1 Å². The smallest absolute Gasteiger partial charge is 0.194 e. The summed E-state index contributed by atoms with van der Waals surface area (Å²) in [6.45, 7) is 0. The van der Waals surface area contributed by atoms with Gasteiger partial charge in [-0.2, -0.15) is 0 Å². The molecule has 0 spiro atoms.